The molecule has 2 N–H and O–H groups in total. The summed E-state index contributed by atoms with van der Waals surface area (Å²) in [6, 6.07) is 6.24. The number of halogens is 1. The molecule has 0 spiro atoms. The Kier molecular flexibility index (Phi) is 7.99. The number of benzene rings is 1. The average molecular weight is 478 g/mol. The normalized spacial score (nSPS) is 14.3. The van der Waals surface area contributed by atoms with Gasteiger partial charge in [0.25, 0.3) is 0 Å². The zero-order valence-electron chi connectivity index (χ0n) is 17.2. The molecule has 30 heavy (non-hydrogen) atoms. The Bertz CT molecular complexity index is 937. The van der Waals surface area contributed by atoms with Crippen LogP contribution in [0.15, 0.2) is 29.2 Å². The molecule has 1 aliphatic rings. The van der Waals surface area contributed by atoms with Gasteiger partial charge in [-0.25, -0.2) is 0 Å². The van der Waals surface area contributed by atoms with Crippen molar-refractivity contribution in [1.82, 2.24) is 10.2 Å². The number of likely N-dealkylation sites (N-methyl/N-ethyl adjacent to an activating group) is 1. The van der Waals surface area contributed by atoms with Gasteiger partial charge < -0.3 is 0 Å². The minimum atomic E-state index is -0.371. The van der Waals surface area contributed by atoms with Gasteiger partial charge in [0, 0.05) is 0 Å². The van der Waals surface area contributed by atoms with Gasteiger partial charge in [0.1, 0.15) is 0 Å². The van der Waals surface area contributed by atoms with Crippen LogP contribution in [0.2, 0.25) is 0 Å². The van der Waals surface area contributed by atoms with Gasteiger partial charge >= 0.3 is 182 Å². The van der Waals surface area contributed by atoms with Gasteiger partial charge in [-0.1, -0.05) is 0 Å². The minimum absolute atomic E-state index is 0.0158. The SMILES string of the molecule is CCN(CC)CCNC(=O)COCc1c[se]c(/C=C2\C(=O)Nc3ccc(F)cc32)c1. The Morgan fingerprint density at radius 1 is 1.30 bits per heavy atom. The molecular formula is C22H26FN3O3Se. The first-order valence-corrected chi connectivity index (χ1v) is 11.8. The number of amides is 2. The molecule has 1 aromatic carbocycles. The van der Waals surface area contributed by atoms with Gasteiger partial charge in [0.05, 0.1) is 0 Å². The average Bonchev–Trinajstić information content (AvgIpc) is 3.30. The van der Waals surface area contributed by atoms with Crippen LogP contribution < -0.4 is 10.6 Å². The van der Waals surface area contributed by atoms with Crippen LogP contribution in [0.4, 0.5) is 10.1 Å². The second-order valence-corrected chi connectivity index (χ2v) is 8.91. The van der Waals surface area contributed by atoms with E-state index in [9.17, 15) is 14.0 Å². The van der Waals surface area contributed by atoms with Crippen LogP contribution in [0, 0.1) is 5.82 Å². The Balaban J connectivity index is 1.49. The number of nitrogens with one attached hydrogen (secondary N) is 2. The van der Waals surface area contributed by atoms with Gasteiger partial charge in [-0.05, 0) is 0 Å². The second kappa shape index (κ2) is 10.7. The van der Waals surface area contributed by atoms with E-state index in [1.807, 2.05) is 12.1 Å². The Morgan fingerprint density at radius 2 is 2.10 bits per heavy atom. The molecule has 6 nitrogen and oxygen atoms in total. The van der Waals surface area contributed by atoms with E-state index < -0.39 is 0 Å². The molecule has 1 aromatic heterocycles. The summed E-state index contributed by atoms with van der Waals surface area (Å²) in [5.74, 6) is -0.720. The summed E-state index contributed by atoms with van der Waals surface area (Å²) in [7, 11) is 0. The summed E-state index contributed by atoms with van der Waals surface area (Å²) < 4.78 is 20.1. The Hall–Kier alpha value is -2.25. The van der Waals surface area contributed by atoms with Crippen LogP contribution in [0.1, 0.15) is 29.4 Å². The molecule has 0 bridgehead atoms. The topological polar surface area (TPSA) is 70.7 Å². The molecule has 0 unspecified atom stereocenters. The summed E-state index contributed by atoms with van der Waals surface area (Å²) in [5.41, 5.74) is 2.67. The van der Waals surface area contributed by atoms with Gasteiger partial charge in [0.15, 0.2) is 0 Å². The Labute approximate surface area is 181 Å². The molecule has 0 saturated carbocycles. The third-order valence-corrected chi connectivity index (χ3v) is 6.82. The van der Waals surface area contributed by atoms with Crippen molar-refractivity contribution in [3.05, 3.63) is 50.6 Å². The maximum absolute atomic E-state index is 13.6. The van der Waals surface area contributed by atoms with Crippen molar-refractivity contribution in [2.75, 3.05) is 38.1 Å². The molecule has 0 aliphatic carbocycles. The summed E-state index contributed by atoms with van der Waals surface area (Å²) in [5, 5.41) is 5.62. The quantitative estimate of drug-likeness (QED) is 0.407. The first kappa shape index (κ1) is 22.4. The van der Waals surface area contributed by atoms with Crippen LogP contribution in [-0.2, 0) is 20.9 Å². The summed E-state index contributed by atoms with van der Waals surface area (Å²) in [6.07, 6.45) is 1.81. The van der Waals surface area contributed by atoms with Crippen molar-refractivity contribution in [1.29, 1.82) is 0 Å². The van der Waals surface area contributed by atoms with E-state index in [0.717, 1.165) is 29.6 Å². The zero-order chi connectivity index (χ0) is 21.5. The van der Waals surface area contributed by atoms with E-state index in [-0.39, 0.29) is 38.7 Å². The van der Waals surface area contributed by atoms with Crippen LogP contribution in [-0.4, -0.2) is 64.0 Å². The van der Waals surface area contributed by atoms with E-state index in [4.69, 9.17) is 4.74 Å². The van der Waals surface area contributed by atoms with Crippen LogP contribution in [0.25, 0.3) is 11.6 Å². The number of rotatable bonds is 10. The first-order valence-electron chi connectivity index (χ1n) is 9.97. The molecule has 2 heterocycles. The number of carbonyl (C=O) groups excluding carboxylic acids is 2. The molecule has 0 radical (unpaired) electrons. The summed E-state index contributed by atoms with van der Waals surface area (Å²) >= 11 is 0.0636. The monoisotopic (exact) mass is 479 g/mol. The predicted octanol–water partition coefficient (Wildman–Crippen LogP) is 2.35. The number of anilines is 1. The van der Waals surface area contributed by atoms with Gasteiger partial charge in [0.2, 0.25) is 0 Å². The number of fused-ring (bicyclic) bond motifs is 1. The summed E-state index contributed by atoms with van der Waals surface area (Å²) in [6.45, 7) is 7.91. The fourth-order valence-corrected chi connectivity index (χ4v) is 4.94. The van der Waals surface area contributed by atoms with Crippen molar-refractivity contribution in [3.8, 4) is 0 Å². The molecule has 3 rings (SSSR count). The number of ether oxygens (including phenoxy) is 1. The third kappa shape index (κ3) is 5.89. The maximum atomic E-state index is 13.6. The molecule has 2 amide bonds. The summed E-state index contributed by atoms with van der Waals surface area (Å²) in [4.78, 5) is 28.4. The second-order valence-electron chi connectivity index (χ2n) is 6.93. The molecule has 0 atom stereocenters. The molecule has 0 saturated heterocycles. The van der Waals surface area contributed by atoms with Gasteiger partial charge in [-0.15, -0.1) is 0 Å². The predicted molar refractivity (Wildman–Crippen MR) is 117 cm³/mol. The van der Waals surface area contributed by atoms with Gasteiger partial charge in [-0.2, -0.15) is 0 Å². The van der Waals surface area contributed by atoms with E-state index in [0.29, 0.717) is 30.0 Å². The fraction of sp³-hybridized carbons (Fsp3) is 0.364. The van der Waals surface area contributed by atoms with Crippen LogP contribution in [0.5, 0.6) is 0 Å². The number of carbonyl (C=O) groups is 2. The third-order valence-electron chi connectivity index (χ3n) is 4.87. The molecule has 160 valence electrons. The van der Waals surface area contributed by atoms with Crippen LogP contribution >= 0.6 is 0 Å². The van der Waals surface area contributed by atoms with Crippen molar-refractivity contribution >= 4 is 43.7 Å². The molecular weight excluding hydrogens is 452 g/mol. The fourth-order valence-electron chi connectivity index (χ4n) is 3.20. The standard InChI is InChI=1S/C22H26FN3O3Se/c1-3-26(4-2)8-7-24-21(27)13-29-12-15-9-17(30-14-15)11-19-18-10-16(23)5-6-20(18)25-22(19)28/h5-6,9-11,14H,3-4,7-8,12-13H2,1-2H3,(H,24,27)(H,25,28)/b19-11-. The number of nitrogens with zero attached hydrogens (tertiary/aromatic N) is 1. The van der Waals surface area contributed by atoms with E-state index in [1.165, 1.54) is 12.1 Å². The number of hydrogen-bond acceptors (Lipinski definition) is 4. The molecule has 1 aliphatic heterocycles. The van der Waals surface area contributed by atoms with Crippen molar-refractivity contribution < 1.29 is 18.7 Å². The van der Waals surface area contributed by atoms with Crippen molar-refractivity contribution in [3.63, 3.8) is 0 Å². The zero-order valence-corrected chi connectivity index (χ0v) is 18.9. The van der Waals surface area contributed by atoms with Crippen molar-refractivity contribution in [2.45, 2.75) is 20.5 Å². The van der Waals surface area contributed by atoms with Gasteiger partial charge in [-0.3, -0.25) is 0 Å². The Morgan fingerprint density at radius 3 is 2.87 bits per heavy atom. The molecule has 0 fully saturated rings. The van der Waals surface area contributed by atoms with Crippen LogP contribution in [0.3, 0.4) is 0 Å². The van der Waals surface area contributed by atoms with E-state index >= 15 is 0 Å². The van der Waals surface area contributed by atoms with E-state index in [1.54, 1.807) is 6.07 Å². The van der Waals surface area contributed by atoms with Crippen molar-refractivity contribution in [2.24, 2.45) is 0 Å². The number of hydrogen-bond donors (Lipinski definition) is 2. The van der Waals surface area contributed by atoms with E-state index in [2.05, 4.69) is 34.3 Å². The first-order chi connectivity index (χ1) is 14.5. The molecule has 2 aromatic rings. The molecule has 8 heteroatoms.